The Morgan fingerprint density at radius 3 is 2.53 bits per heavy atom. The number of piperazine rings is 1. The van der Waals surface area contributed by atoms with Crippen LogP contribution >= 0.6 is 0 Å². The van der Waals surface area contributed by atoms with Crippen LogP contribution in [-0.4, -0.2) is 48.6 Å². The van der Waals surface area contributed by atoms with E-state index in [9.17, 15) is 0 Å². The summed E-state index contributed by atoms with van der Waals surface area (Å²) in [6, 6.07) is 27.8. The van der Waals surface area contributed by atoms with Crippen LogP contribution in [0.15, 0.2) is 72.8 Å². The summed E-state index contributed by atoms with van der Waals surface area (Å²) in [4.78, 5) is 5.34. The summed E-state index contributed by atoms with van der Waals surface area (Å²) in [5.41, 5.74) is 7.01. The van der Waals surface area contributed by atoms with Crippen molar-refractivity contribution in [2.75, 3.05) is 26.7 Å². The lowest BCUT2D eigenvalue weighted by Crippen LogP contribution is -2.56. The first kappa shape index (κ1) is 23.1. The predicted molar refractivity (Wildman–Crippen MR) is 139 cm³/mol. The van der Waals surface area contributed by atoms with Gasteiger partial charge in [0, 0.05) is 38.3 Å². The van der Waals surface area contributed by atoms with Gasteiger partial charge in [-0.2, -0.15) is 0 Å². The molecule has 1 saturated heterocycles. The normalized spacial score (nSPS) is 22.2. The molecule has 4 heteroatoms. The van der Waals surface area contributed by atoms with Crippen LogP contribution in [0.5, 0.6) is 5.75 Å². The highest BCUT2D eigenvalue weighted by Gasteiger charge is 2.35. The third kappa shape index (κ3) is 4.90. The standard InChI is InChI=1S/C30H37N3O/c1-22-20-33(23(2)19-32(22)21-24-8-5-4-6-9-24)30(26-10-7-11-29(17-26)34-3)27-13-12-25-14-15-31-18-28(25)16-27/h4-13,16-17,22-23,30-31H,14-15,18-21H2,1-3H3/t22-,23+,30?/m1/s1. The molecule has 178 valence electrons. The average Bonchev–Trinajstić information content (AvgIpc) is 2.87. The highest BCUT2D eigenvalue weighted by atomic mass is 16.5. The number of nitrogens with one attached hydrogen (secondary N) is 1. The van der Waals surface area contributed by atoms with Gasteiger partial charge in [0.15, 0.2) is 0 Å². The van der Waals surface area contributed by atoms with E-state index in [1.165, 1.54) is 27.8 Å². The fourth-order valence-corrected chi connectivity index (χ4v) is 5.68. The second-order valence-electron chi connectivity index (χ2n) is 9.94. The molecule has 2 aliphatic rings. The van der Waals surface area contributed by atoms with Gasteiger partial charge in [0.25, 0.3) is 0 Å². The van der Waals surface area contributed by atoms with E-state index in [4.69, 9.17) is 4.74 Å². The maximum Gasteiger partial charge on any atom is 0.119 e. The molecule has 0 amide bonds. The molecule has 1 N–H and O–H groups in total. The van der Waals surface area contributed by atoms with E-state index in [1.54, 1.807) is 7.11 Å². The van der Waals surface area contributed by atoms with Crippen LogP contribution < -0.4 is 10.1 Å². The van der Waals surface area contributed by atoms with Crippen LogP contribution in [0.25, 0.3) is 0 Å². The van der Waals surface area contributed by atoms with Crippen LogP contribution in [0, 0.1) is 0 Å². The molecule has 0 saturated carbocycles. The molecule has 4 nitrogen and oxygen atoms in total. The molecular weight excluding hydrogens is 418 g/mol. The maximum absolute atomic E-state index is 5.61. The molecular formula is C30H37N3O. The van der Waals surface area contributed by atoms with E-state index in [0.29, 0.717) is 12.1 Å². The number of rotatable bonds is 6. The van der Waals surface area contributed by atoms with E-state index in [0.717, 1.165) is 44.9 Å². The first-order valence-corrected chi connectivity index (χ1v) is 12.6. The van der Waals surface area contributed by atoms with Crippen molar-refractivity contribution in [1.82, 2.24) is 15.1 Å². The summed E-state index contributed by atoms with van der Waals surface area (Å²) in [6.07, 6.45) is 1.12. The number of benzene rings is 3. The van der Waals surface area contributed by atoms with Crippen molar-refractivity contribution in [3.63, 3.8) is 0 Å². The molecule has 3 aromatic rings. The van der Waals surface area contributed by atoms with Crippen LogP contribution in [0.4, 0.5) is 0 Å². The summed E-state index contributed by atoms with van der Waals surface area (Å²) in [6.45, 7) is 9.90. The van der Waals surface area contributed by atoms with Gasteiger partial charge in [-0.3, -0.25) is 9.80 Å². The van der Waals surface area contributed by atoms with Gasteiger partial charge in [0.1, 0.15) is 5.75 Å². The topological polar surface area (TPSA) is 27.7 Å². The molecule has 0 spiro atoms. The predicted octanol–water partition coefficient (Wildman–Crippen LogP) is 5.03. The molecule has 2 aliphatic heterocycles. The molecule has 1 fully saturated rings. The Hall–Kier alpha value is -2.66. The smallest absolute Gasteiger partial charge is 0.119 e. The van der Waals surface area contributed by atoms with E-state index >= 15 is 0 Å². The zero-order chi connectivity index (χ0) is 23.5. The number of methoxy groups -OCH3 is 1. The zero-order valence-electron chi connectivity index (χ0n) is 20.7. The second kappa shape index (κ2) is 10.3. The Bertz CT molecular complexity index is 1100. The zero-order valence-corrected chi connectivity index (χ0v) is 20.7. The highest BCUT2D eigenvalue weighted by Crippen LogP contribution is 2.36. The molecule has 3 atom stereocenters. The first-order chi connectivity index (χ1) is 16.6. The fourth-order valence-electron chi connectivity index (χ4n) is 5.68. The highest BCUT2D eigenvalue weighted by molar-refractivity contribution is 5.41. The first-order valence-electron chi connectivity index (χ1n) is 12.6. The van der Waals surface area contributed by atoms with Gasteiger partial charge in [0.05, 0.1) is 13.2 Å². The molecule has 0 radical (unpaired) electrons. The number of hydrogen-bond donors (Lipinski definition) is 1. The van der Waals surface area contributed by atoms with Crippen molar-refractivity contribution in [3.05, 3.63) is 101 Å². The summed E-state index contributed by atoms with van der Waals surface area (Å²) < 4.78 is 5.61. The summed E-state index contributed by atoms with van der Waals surface area (Å²) in [7, 11) is 1.76. The molecule has 2 heterocycles. The van der Waals surface area contributed by atoms with E-state index in [2.05, 4.69) is 95.7 Å². The summed E-state index contributed by atoms with van der Waals surface area (Å²) >= 11 is 0. The number of ether oxygens (including phenoxy) is 1. The lowest BCUT2D eigenvalue weighted by atomic mass is 9.90. The number of hydrogen-bond acceptors (Lipinski definition) is 4. The third-order valence-corrected chi connectivity index (χ3v) is 7.57. The molecule has 0 aliphatic carbocycles. The maximum atomic E-state index is 5.61. The van der Waals surface area contributed by atoms with Gasteiger partial charge in [-0.15, -0.1) is 0 Å². The Morgan fingerprint density at radius 1 is 0.882 bits per heavy atom. The minimum absolute atomic E-state index is 0.207. The van der Waals surface area contributed by atoms with Gasteiger partial charge in [-0.05, 0) is 66.8 Å². The lowest BCUT2D eigenvalue weighted by molar-refractivity contribution is 0.0195. The van der Waals surface area contributed by atoms with E-state index < -0.39 is 0 Å². The van der Waals surface area contributed by atoms with Crippen molar-refractivity contribution in [2.45, 2.75) is 51.5 Å². The largest absolute Gasteiger partial charge is 0.497 e. The molecule has 0 aromatic heterocycles. The van der Waals surface area contributed by atoms with Crippen molar-refractivity contribution in [2.24, 2.45) is 0 Å². The van der Waals surface area contributed by atoms with Crippen molar-refractivity contribution >= 4 is 0 Å². The number of fused-ring (bicyclic) bond motifs is 1. The van der Waals surface area contributed by atoms with Crippen LogP contribution in [0.2, 0.25) is 0 Å². The summed E-state index contributed by atoms with van der Waals surface area (Å²) in [5, 5.41) is 3.55. The Balaban J connectivity index is 1.46. The van der Waals surface area contributed by atoms with Crippen molar-refractivity contribution < 1.29 is 4.74 Å². The van der Waals surface area contributed by atoms with E-state index in [-0.39, 0.29) is 6.04 Å². The number of nitrogens with zero attached hydrogens (tertiary/aromatic N) is 2. The minimum Gasteiger partial charge on any atom is -0.497 e. The van der Waals surface area contributed by atoms with Crippen LogP contribution in [0.3, 0.4) is 0 Å². The van der Waals surface area contributed by atoms with Gasteiger partial charge >= 0.3 is 0 Å². The monoisotopic (exact) mass is 455 g/mol. The minimum atomic E-state index is 0.207. The molecule has 0 bridgehead atoms. The summed E-state index contributed by atoms with van der Waals surface area (Å²) in [5.74, 6) is 0.922. The Labute approximate surface area is 204 Å². The third-order valence-electron chi connectivity index (χ3n) is 7.57. The average molecular weight is 456 g/mol. The van der Waals surface area contributed by atoms with Crippen LogP contribution in [-0.2, 0) is 19.5 Å². The second-order valence-corrected chi connectivity index (χ2v) is 9.94. The molecule has 1 unspecified atom stereocenters. The van der Waals surface area contributed by atoms with Crippen molar-refractivity contribution in [3.8, 4) is 5.75 Å². The van der Waals surface area contributed by atoms with E-state index in [1.807, 2.05) is 6.07 Å². The Morgan fingerprint density at radius 2 is 1.71 bits per heavy atom. The quantitative estimate of drug-likeness (QED) is 0.565. The molecule has 3 aromatic carbocycles. The van der Waals surface area contributed by atoms with Gasteiger partial charge in [-0.1, -0.05) is 60.7 Å². The van der Waals surface area contributed by atoms with Gasteiger partial charge in [-0.25, -0.2) is 0 Å². The van der Waals surface area contributed by atoms with Gasteiger partial charge < -0.3 is 10.1 Å². The lowest BCUT2D eigenvalue weighted by Gasteiger charge is -2.48. The van der Waals surface area contributed by atoms with Crippen molar-refractivity contribution in [1.29, 1.82) is 0 Å². The fraction of sp³-hybridized carbons (Fsp3) is 0.400. The SMILES string of the molecule is COc1cccc(C(c2ccc3c(c2)CNCC3)N2C[C@@H](C)N(Cc3ccccc3)C[C@@H]2C)c1. The Kier molecular flexibility index (Phi) is 7.00. The van der Waals surface area contributed by atoms with Crippen LogP contribution in [0.1, 0.15) is 47.7 Å². The van der Waals surface area contributed by atoms with Gasteiger partial charge in [0.2, 0.25) is 0 Å². The molecule has 5 rings (SSSR count). The molecule has 34 heavy (non-hydrogen) atoms.